The van der Waals surface area contributed by atoms with Gasteiger partial charge in [-0.05, 0) is 42.5 Å². The van der Waals surface area contributed by atoms with Crippen molar-refractivity contribution in [2.75, 3.05) is 12.4 Å². The number of aromatic hydroxyl groups is 1. The van der Waals surface area contributed by atoms with Crippen molar-refractivity contribution >= 4 is 34.1 Å². The Balaban J connectivity index is 2.07. The van der Waals surface area contributed by atoms with Gasteiger partial charge < -0.3 is 19.7 Å². The fraction of sp³-hybridized carbons (Fsp3) is 0.111. The molecular weight excluding hydrogens is 344 g/mol. The van der Waals surface area contributed by atoms with E-state index >= 15 is 0 Å². The summed E-state index contributed by atoms with van der Waals surface area (Å²) in [6, 6.07) is 11.4. The van der Waals surface area contributed by atoms with Gasteiger partial charge >= 0.3 is 0 Å². The van der Waals surface area contributed by atoms with Crippen molar-refractivity contribution in [1.29, 1.82) is 0 Å². The molecule has 1 heterocycles. The number of hydrogen-bond acceptors (Lipinski definition) is 4. The lowest BCUT2D eigenvalue weighted by atomic mass is 10.1. The number of carbonyl (C=O) groups is 1. The first kappa shape index (κ1) is 16.9. The number of rotatable bonds is 3. The van der Waals surface area contributed by atoms with E-state index in [-0.39, 0.29) is 5.56 Å². The van der Waals surface area contributed by atoms with E-state index in [2.05, 4.69) is 5.32 Å². The smallest absolute Gasteiger partial charge is 0.267 e. The third kappa shape index (κ3) is 3.04. The standard InChI is InChI=1S/C18H15ClN2O4/c1-21-14-8-3-10(19)9-13(14)16(22)15(18(21)24)17(23)20-11-4-6-12(25-2)7-5-11/h3-9,22H,1-2H3,(H,20,23). The first-order chi connectivity index (χ1) is 11.9. The third-order valence-corrected chi connectivity index (χ3v) is 4.14. The number of halogens is 1. The molecule has 0 saturated carbocycles. The molecule has 6 nitrogen and oxygen atoms in total. The number of methoxy groups -OCH3 is 1. The Kier molecular flexibility index (Phi) is 4.37. The number of benzene rings is 2. The van der Waals surface area contributed by atoms with Gasteiger partial charge in [0.05, 0.1) is 12.6 Å². The van der Waals surface area contributed by atoms with Crippen molar-refractivity contribution in [2.24, 2.45) is 7.05 Å². The second kappa shape index (κ2) is 6.49. The molecule has 2 aromatic carbocycles. The summed E-state index contributed by atoms with van der Waals surface area (Å²) in [5.41, 5.74) is 0.0118. The van der Waals surface area contributed by atoms with E-state index in [1.54, 1.807) is 36.4 Å². The molecule has 1 amide bonds. The van der Waals surface area contributed by atoms with E-state index in [0.29, 0.717) is 27.4 Å². The van der Waals surface area contributed by atoms with E-state index in [4.69, 9.17) is 16.3 Å². The SMILES string of the molecule is COc1ccc(NC(=O)c2c(O)c3cc(Cl)ccc3n(C)c2=O)cc1. The van der Waals surface area contributed by atoms with Crippen LogP contribution in [0.1, 0.15) is 10.4 Å². The van der Waals surface area contributed by atoms with Gasteiger partial charge in [0.25, 0.3) is 11.5 Å². The lowest BCUT2D eigenvalue weighted by Gasteiger charge is -2.12. The number of amides is 1. The highest BCUT2D eigenvalue weighted by atomic mass is 35.5. The van der Waals surface area contributed by atoms with E-state index in [1.165, 1.54) is 24.8 Å². The highest BCUT2D eigenvalue weighted by Gasteiger charge is 2.21. The molecular formula is C18H15ClN2O4. The van der Waals surface area contributed by atoms with E-state index in [1.807, 2.05) is 0 Å². The van der Waals surface area contributed by atoms with Gasteiger partial charge in [-0.3, -0.25) is 9.59 Å². The van der Waals surface area contributed by atoms with Crippen molar-refractivity contribution in [2.45, 2.75) is 0 Å². The van der Waals surface area contributed by atoms with E-state index in [0.717, 1.165) is 0 Å². The molecule has 0 aliphatic heterocycles. The van der Waals surface area contributed by atoms with E-state index < -0.39 is 17.2 Å². The number of ether oxygens (including phenoxy) is 1. The van der Waals surface area contributed by atoms with Crippen LogP contribution in [0.5, 0.6) is 11.5 Å². The molecule has 3 rings (SSSR count). The Bertz CT molecular complexity index is 1030. The minimum Gasteiger partial charge on any atom is -0.506 e. The fourth-order valence-corrected chi connectivity index (χ4v) is 2.75. The van der Waals surface area contributed by atoms with Crippen LogP contribution in [-0.2, 0) is 7.05 Å². The zero-order valence-electron chi connectivity index (χ0n) is 13.5. The van der Waals surface area contributed by atoms with Gasteiger partial charge in [-0.2, -0.15) is 0 Å². The van der Waals surface area contributed by atoms with Gasteiger partial charge in [0.1, 0.15) is 17.1 Å². The maximum absolute atomic E-state index is 12.5. The molecule has 0 atom stereocenters. The Morgan fingerprint density at radius 2 is 1.88 bits per heavy atom. The van der Waals surface area contributed by atoms with Crippen molar-refractivity contribution < 1.29 is 14.6 Å². The number of aryl methyl sites for hydroxylation is 1. The van der Waals surface area contributed by atoms with Gasteiger partial charge in [0.15, 0.2) is 0 Å². The molecule has 0 bridgehead atoms. The van der Waals surface area contributed by atoms with E-state index in [9.17, 15) is 14.7 Å². The van der Waals surface area contributed by atoms with Crippen LogP contribution in [0.3, 0.4) is 0 Å². The van der Waals surface area contributed by atoms with Gasteiger partial charge in [0, 0.05) is 23.1 Å². The molecule has 128 valence electrons. The van der Waals surface area contributed by atoms with Crippen LogP contribution in [0, 0.1) is 0 Å². The lowest BCUT2D eigenvalue weighted by molar-refractivity contribution is 0.102. The Morgan fingerprint density at radius 3 is 2.52 bits per heavy atom. The lowest BCUT2D eigenvalue weighted by Crippen LogP contribution is -2.28. The maximum atomic E-state index is 12.5. The van der Waals surface area contributed by atoms with Crippen LogP contribution in [0.4, 0.5) is 5.69 Å². The van der Waals surface area contributed by atoms with Gasteiger partial charge in [-0.1, -0.05) is 11.6 Å². The highest BCUT2D eigenvalue weighted by Crippen LogP contribution is 2.29. The first-order valence-electron chi connectivity index (χ1n) is 7.39. The number of hydrogen-bond donors (Lipinski definition) is 2. The molecule has 0 spiro atoms. The number of nitrogens with one attached hydrogen (secondary N) is 1. The molecule has 3 aromatic rings. The topological polar surface area (TPSA) is 80.6 Å². The minimum absolute atomic E-state index is 0.328. The Morgan fingerprint density at radius 1 is 1.20 bits per heavy atom. The summed E-state index contributed by atoms with van der Waals surface area (Å²) >= 11 is 5.96. The summed E-state index contributed by atoms with van der Waals surface area (Å²) in [6.07, 6.45) is 0. The molecule has 7 heteroatoms. The number of pyridine rings is 1. The van der Waals surface area contributed by atoms with Crippen molar-refractivity contribution in [3.63, 3.8) is 0 Å². The predicted octanol–water partition coefficient (Wildman–Crippen LogP) is 3.16. The molecule has 0 fully saturated rings. The van der Waals surface area contributed by atoms with Crippen LogP contribution in [0.2, 0.25) is 5.02 Å². The normalized spacial score (nSPS) is 10.7. The summed E-state index contributed by atoms with van der Waals surface area (Å²) in [5, 5.41) is 13.8. The van der Waals surface area contributed by atoms with Gasteiger partial charge in [0.2, 0.25) is 0 Å². The van der Waals surface area contributed by atoms with Crippen LogP contribution in [0.15, 0.2) is 47.3 Å². The van der Waals surface area contributed by atoms with Crippen molar-refractivity contribution in [1.82, 2.24) is 4.57 Å². The number of anilines is 1. The summed E-state index contributed by atoms with van der Waals surface area (Å²) in [4.78, 5) is 25.1. The number of aromatic nitrogens is 1. The summed E-state index contributed by atoms with van der Waals surface area (Å²) in [5.74, 6) is -0.464. The third-order valence-electron chi connectivity index (χ3n) is 3.91. The van der Waals surface area contributed by atoms with Crippen LogP contribution < -0.4 is 15.6 Å². The number of carbonyl (C=O) groups excluding carboxylic acids is 1. The quantitative estimate of drug-likeness (QED) is 0.753. The average Bonchev–Trinajstić information content (AvgIpc) is 2.60. The molecule has 0 aliphatic carbocycles. The summed E-state index contributed by atoms with van der Waals surface area (Å²) in [6.45, 7) is 0. The second-order valence-electron chi connectivity index (χ2n) is 5.43. The van der Waals surface area contributed by atoms with Crippen molar-refractivity contribution in [3.05, 3.63) is 63.4 Å². The summed E-state index contributed by atoms with van der Waals surface area (Å²) in [7, 11) is 3.07. The molecule has 2 N–H and O–H groups in total. The Hall–Kier alpha value is -2.99. The zero-order chi connectivity index (χ0) is 18.1. The second-order valence-corrected chi connectivity index (χ2v) is 5.87. The molecule has 25 heavy (non-hydrogen) atoms. The Labute approximate surface area is 148 Å². The molecule has 0 unspecified atom stereocenters. The van der Waals surface area contributed by atoms with Crippen molar-refractivity contribution in [3.8, 4) is 11.5 Å². The molecule has 1 aromatic heterocycles. The monoisotopic (exact) mass is 358 g/mol. The van der Waals surface area contributed by atoms with Crippen LogP contribution in [-0.4, -0.2) is 22.7 Å². The largest absolute Gasteiger partial charge is 0.506 e. The van der Waals surface area contributed by atoms with Crippen LogP contribution >= 0.6 is 11.6 Å². The number of nitrogens with zero attached hydrogens (tertiary/aromatic N) is 1. The number of fused-ring (bicyclic) bond motifs is 1. The van der Waals surface area contributed by atoms with Crippen LogP contribution in [0.25, 0.3) is 10.9 Å². The average molecular weight is 359 g/mol. The highest BCUT2D eigenvalue weighted by molar-refractivity contribution is 6.31. The van der Waals surface area contributed by atoms with Gasteiger partial charge in [-0.15, -0.1) is 0 Å². The van der Waals surface area contributed by atoms with Gasteiger partial charge in [-0.25, -0.2) is 0 Å². The summed E-state index contributed by atoms with van der Waals surface area (Å²) < 4.78 is 6.35. The molecule has 0 aliphatic rings. The minimum atomic E-state index is -0.704. The maximum Gasteiger partial charge on any atom is 0.267 e. The fourth-order valence-electron chi connectivity index (χ4n) is 2.58. The first-order valence-corrected chi connectivity index (χ1v) is 7.77. The predicted molar refractivity (Wildman–Crippen MR) is 96.8 cm³/mol. The molecule has 0 saturated heterocycles. The molecule has 0 radical (unpaired) electrons. The zero-order valence-corrected chi connectivity index (χ0v) is 14.3.